The second kappa shape index (κ2) is 8.15. The zero-order chi connectivity index (χ0) is 20.1. The fraction of sp³-hybridized carbons (Fsp3) is 0.0455. The maximum absolute atomic E-state index is 12.3. The number of fused-ring (bicyclic) bond motifs is 1. The molecule has 3 heterocycles. The van der Waals surface area contributed by atoms with Crippen molar-refractivity contribution in [2.75, 3.05) is 5.32 Å². The van der Waals surface area contributed by atoms with Crippen molar-refractivity contribution in [1.29, 1.82) is 0 Å². The number of hydrogen-bond donors (Lipinski definition) is 2. The van der Waals surface area contributed by atoms with E-state index in [2.05, 4.69) is 30.4 Å². The van der Waals surface area contributed by atoms with Crippen molar-refractivity contribution in [2.45, 2.75) is 6.54 Å². The Morgan fingerprint density at radius 3 is 2.72 bits per heavy atom. The predicted molar refractivity (Wildman–Crippen MR) is 111 cm³/mol. The van der Waals surface area contributed by atoms with Gasteiger partial charge in [-0.2, -0.15) is 0 Å². The molecule has 0 saturated carbocycles. The quantitative estimate of drug-likeness (QED) is 0.506. The van der Waals surface area contributed by atoms with Gasteiger partial charge < -0.3 is 10.6 Å². The average Bonchev–Trinajstić information content (AvgIpc) is 2.78. The molecule has 7 heteroatoms. The molecule has 0 saturated heterocycles. The van der Waals surface area contributed by atoms with E-state index in [9.17, 15) is 4.79 Å². The van der Waals surface area contributed by atoms with Crippen LogP contribution in [0.3, 0.4) is 0 Å². The summed E-state index contributed by atoms with van der Waals surface area (Å²) in [5, 5.41) is 7.85. The number of amides is 1. The van der Waals surface area contributed by atoms with E-state index in [-0.39, 0.29) is 5.91 Å². The molecule has 1 amide bonds. The highest BCUT2D eigenvalue weighted by Gasteiger charge is 2.08. The lowest BCUT2D eigenvalue weighted by Gasteiger charge is -2.10. The van der Waals surface area contributed by atoms with Gasteiger partial charge in [0.2, 0.25) is 0 Å². The summed E-state index contributed by atoms with van der Waals surface area (Å²) in [6.45, 7) is 7.58. The molecule has 0 aliphatic carbocycles. The number of benzene rings is 1. The predicted octanol–water partition coefficient (Wildman–Crippen LogP) is 4.25. The highest BCUT2D eigenvalue weighted by atomic mass is 16.1. The van der Waals surface area contributed by atoms with Crippen LogP contribution >= 0.6 is 0 Å². The van der Waals surface area contributed by atoms with E-state index in [0.29, 0.717) is 29.4 Å². The Morgan fingerprint density at radius 2 is 1.97 bits per heavy atom. The standard InChI is InChI=1S/C22H16N6O/c1-23-17-5-4-16-8-10-25-21(19(16)11-17)28-18-6-7-20(26-14-18)22(29)27-13-15-3-2-9-24-12-15/h2-12,14H,13H2,(H,25,28)(H,27,29). The van der Waals surface area contributed by atoms with Crippen LogP contribution in [0.25, 0.3) is 15.6 Å². The van der Waals surface area contributed by atoms with Crippen LogP contribution in [0.15, 0.2) is 73.3 Å². The Hall–Kier alpha value is -4.31. The molecule has 0 atom stereocenters. The molecule has 140 valence electrons. The first-order valence-electron chi connectivity index (χ1n) is 8.89. The van der Waals surface area contributed by atoms with Crippen LogP contribution in [0.4, 0.5) is 17.2 Å². The molecular formula is C22H16N6O. The lowest BCUT2D eigenvalue weighted by atomic mass is 10.1. The molecular weight excluding hydrogens is 364 g/mol. The first-order valence-corrected chi connectivity index (χ1v) is 8.89. The molecule has 0 aliphatic heterocycles. The van der Waals surface area contributed by atoms with Crippen LogP contribution in [0.1, 0.15) is 16.1 Å². The molecule has 2 N–H and O–H groups in total. The molecule has 0 bridgehead atoms. The van der Waals surface area contributed by atoms with Crippen LogP contribution in [-0.4, -0.2) is 20.9 Å². The lowest BCUT2D eigenvalue weighted by molar-refractivity contribution is 0.0946. The van der Waals surface area contributed by atoms with Crippen LogP contribution in [0.2, 0.25) is 0 Å². The maximum Gasteiger partial charge on any atom is 0.270 e. The third kappa shape index (κ3) is 4.17. The van der Waals surface area contributed by atoms with E-state index in [1.54, 1.807) is 49.1 Å². The van der Waals surface area contributed by atoms with Gasteiger partial charge in [0.05, 0.1) is 18.5 Å². The van der Waals surface area contributed by atoms with E-state index < -0.39 is 0 Å². The zero-order valence-corrected chi connectivity index (χ0v) is 15.3. The number of rotatable bonds is 5. The highest BCUT2D eigenvalue weighted by molar-refractivity contribution is 5.96. The summed E-state index contributed by atoms with van der Waals surface area (Å²) < 4.78 is 0. The Labute approximate surface area is 167 Å². The molecule has 4 aromatic rings. The summed E-state index contributed by atoms with van der Waals surface area (Å²) >= 11 is 0. The van der Waals surface area contributed by atoms with Crippen molar-refractivity contribution in [3.63, 3.8) is 0 Å². The third-order valence-electron chi connectivity index (χ3n) is 4.31. The van der Waals surface area contributed by atoms with Crippen LogP contribution in [0.5, 0.6) is 0 Å². The van der Waals surface area contributed by atoms with E-state index in [1.165, 1.54) is 0 Å². The summed E-state index contributed by atoms with van der Waals surface area (Å²) in [7, 11) is 0. The van der Waals surface area contributed by atoms with Gasteiger partial charge in [0.15, 0.2) is 5.69 Å². The monoisotopic (exact) mass is 380 g/mol. The Balaban J connectivity index is 1.48. The smallest absolute Gasteiger partial charge is 0.270 e. The van der Waals surface area contributed by atoms with Gasteiger partial charge in [-0.15, -0.1) is 0 Å². The molecule has 0 aliphatic rings. The summed E-state index contributed by atoms with van der Waals surface area (Å²) in [5.74, 6) is 0.369. The molecule has 29 heavy (non-hydrogen) atoms. The van der Waals surface area contributed by atoms with Gasteiger partial charge in [0.1, 0.15) is 11.5 Å². The third-order valence-corrected chi connectivity index (χ3v) is 4.31. The van der Waals surface area contributed by atoms with Gasteiger partial charge >= 0.3 is 0 Å². The molecule has 3 aromatic heterocycles. The van der Waals surface area contributed by atoms with Crippen LogP contribution in [-0.2, 0) is 6.54 Å². The van der Waals surface area contributed by atoms with Crippen LogP contribution in [0, 0.1) is 6.57 Å². The summed E-state index contributed by atoms with van der Waals surface area (Å²) in [5.41, 5.74) is 2.48. The Bertz CT molecular complexity index is 1200. The van der Waals surface area contributed by atoms with E-state index in [1.807, 2.05) is 24.3 Å². The van der Waals surface area contributed by atoms with Gasteiger partial charge in [-0.25, -0.2) is 14.8 Å². The maximum atomic E-state index is 12.3. The largest absolute Gasteiger partial charge is 0.347 e. The molecule has 7 nitrogen and oxygen atoms in total. The fourth-order valence-corrected chi connectivity index (χ4v) is 2.84. The SMILES string of the molecule is [C-]#[N+]c1ccc2ccnc(Nc3ccc(C(=O)NCc4cccnc4)nc3)c2c1. The van der Waals surface area contributed by atoms with Gasteiger partial charge in [0, 0.05) is 30.5 Å². The topological polar surface area (TPSA) is 84.2 Å². The van der Waals surface area contributed by atoms with Gasteiger partial charge in [0.25, 0.3) is 5.91 Å². The summed E-state index contributed by atoms with van der Waals surface area (Å²) in [6.07, 6.45) is 6.68. The number of carbonyl (C=O) groups is 1. The fourth-order valence-electron chi connectivity index (χ4n) is 2.84. The Kier molecular flexibility index (Phi) is 5.08. The Morgan fingerprint density at radius 1 is 1.03 bits per heavy atom. The minimum absolute atomic E-state index is 0.259. The minimum Gasteiger partial charge on any atom is -0.347 e. The molecule has 0 fully saturated rings. The lowest BCUT2D eigenvalue weighted by Crippen LogP contribution is -2.23. The second-order valence-electron chi connectivity index (χ2n) is 6.28. The van der Waals surface area contributed by atoms with Crippen molar-refractivity contribution in [3.8, 4) is 0 Å². The molecule has 0 spiro atoms. The highest BCUT2D eigenvalue weighted by Crippen LogP contribution is 2.28. The van der Waals surface area contributed by atoms with Gasteiger partial charge in [-0.1, -0.05) is 18.2 Å². The number of hydrogen-bond acceptors (Lipinski definition) is 5. The average molecular weight is 380 g/mol. The van der Waals surface area contributed by atoms with Crippen molar-refractivity contribution in [1.82, 2.24) is 20.3 Å². The molecule has 4 rings (SSSR count). The number of nitrogens with zero attached hydrogens (tertiary/aromatic N) is 4. The summed E-state index contributed by atoms with van der Waals surface area (Å²) in [4.78, 5) is 28.4. The zero-order valence-electron chi connectivity index (χ0n) is 15.3. The second-order valence-corrected chi connectivity index (χ2v) is 6.28. The molecule has 1 aromatic carbocycles. The van der Waals surface area contributed by atoms with E-state index in [4.69, 9.17) is 6.57 Å². The number of pyridine rings is 3. The van der Waals surface area contributed by atoms with Crippen molar-refractivity contribution in [2.24, 2.45) is 0 Å². The first kappa shape index (κ1) is 18.1. The number of carbonyl (C=O) groups excluding carboxylic acids is 1. The van der Waals surface area contributed by atoms with Crippen molar-refractivity contribution < 1.29 is 4.79 Å². The van der Waals surface area contributed by atoms with Crippen molar-refractivity contribution >= 4 is 33.9 Å². The van der Waals surface area contributed by atoms with Crippen molar-refractivity contribution in [3.05, 3.63) is 96.0 Å². The molecule has 0 unspecified atom stereocenters. The van der Waals surface area contributed by atoms with Crippen LogP contribution < -0.4 is 10.6 Å². The number of aromatic nitrogens is 3. The number of anilines is 2. The van der Waals surface area contributed by atoms with Gasteiger partial charge in [-0.05, 0) is 41.3 Å². The summed E-state index contributed by atoms with van der Waals surface area (Å²) in [6, 6.07) is 14.5. The minimum atomic E-state index is -0.259. The molecule has 0 radical (unpaired) electrons. The van der Waals surface area contributed by atoms with Gasteiger partial charge in [-0.3, -0.25) is 9.78 Å². The normalized spacial score (nSPS) is 10.3. The van der Waals surface area contributed by atoms with E-state index in [0.717, 1.165) is 16.3 Å². The first-order chi connectivity index (χ1) is 14.2. The number of nitrogens with one attached hydrogen (secondary N) is 2. The van der Waals surface area contributed by atoms with E-state index >= 15 is 0 Å².